The van der Waals surface area contributed by atoms with Gasteiger partial charge >= 0.3 is 0 Å². The third kappa shape index (κ3) is 5.89. The van der Waals surface area contributed by atoms with Crippen LogP contribution in [0.15, 0.2) is 35.6 Å². The Labute approximate surface area is 215 Å². The van der Waals surface area contributed by atoms with Gasteiger partial charge in [0.25, 0.3) is 0 Å². The van der Waals surface area contributed by atoms with Crippen LogP contribution < -0.4 is 20.3 Å². The van der Waals surface area contributed by atoms with Crippen molar-refractivity contribution in [2.75, 3.05) is 37.0 Å². The van der Waals surface area contributed by atoms with Crippen LogP contribution in [0.1, 0.15) is 33.6 Å². The molecular formula is C25H33N7O3S. The van der Waals surface area contributed by atoms with Gasteiger partial charge in [-0.05, 0) is 30.7 Å². The molecule has 36 heavy (non-hydrogen) atoms. The number of benzene rings is 1. The second kappa shape index (κ2) is 11.6. The van der Waals surface area contributed by atoms with Crippen LogP contribution in [0.3, 0.4) is 0 Å². The number of nitrogens with one attached hydrogen (secondary N) is 2. The maximum Gasteiger partial charge on any atom is 0.227 e. The highest BCUT2D eigenvalue weighted by Crippen LogP contribution is 2.28. The number of amides is 2. The molecule has 4 rings (SSSR count). The average molecular weight is 512 g/mol. The zero-order valence-corrected chi connectivity index (χ0v) is 22.0. The molecule has 0 saturated carbocycles. The fraction of sp³-hybridized carbons (Fsp3) is 0.480. The topological polar surface area (TPSA) is 114 Å². The minimum atomic E-state index is -0.393. The molecule has 1 atom stereocenters. The number of carbonyl (C=O) groups excluding carboxylic acids is 2. The van der Waals surface area contributed by atoms with Crippen LogP contribution in [-0.4, -0.2) is 63.6 Å². The minimum absolute atomic E-state index is 0.0580. The van der Waals surface area contributed by atoms with E-state index < -0.39 is 5.92 Å². The summed E-state index contributed by atoms with van der Waals surface area (Å²) in [6.45, 7) is 8.34. The maximum absolute atomic E-state index is 12.8. The van der Waals surface area contributed by atoms with Gasteiger partial charge in [-0.3, -0.25) is 9.59 Å². The maximum atomic E-state index is 12.8. The Balaban J connectivity index is 1.39. The Morgan fingerprint density at radius 2 is 2.00 bits per heavy atom. The van der Waals surface area contributed by atoms with E-state index in [2.05, 4.69) is 41.5 Å². The second-order valence-corrected chi connectivity index (χ2v) is 10.5. The first-order chi connectivity index (χ1) is 17.4. The number of rotatable bonds is 11. The van der Waals surface area contributed by atoms with Crippen LogP contribution in [0.2, 0.25) is 0 Å². The molecule has 2 amide bonds. The number of methoxy groups -OCH3 is 1. The van der Waals surface area contributed by atoms with Crippen LogP contribution in [-0.2, 0) is 16.1 Å². The second-order valence-electron chi connectivity index (χ2n) is 8.95. The number of fused-ring (bicyclic) bond motifs is 1. The summed E-state index contributed by atoms with van der Waals surface area (Å²) < 4.78 is 6.97. The number of hydrogen-bond acceptors (Lipinski definition) is 8. The monoisotopic (exact) mass is 511 g/mol. The largest absolute Gasteiger partial charge is 0.497 e. The molecule has 1 aliphatic heterocycles. The minimum Gasteiger partial charge on any atom is -0.497 e. The summed E-state index contributed by atoms with van der Waals surface area (Å²) in [6, 6.07) is 7.28. The normalized spacial score (nSPS) is 15.6. The number of carbonyl (C=O) groups is 2. The Morgan fingerprint density at radius 3 is 2.69 bits per heavy atom. The van der Waals surface area contributed by atoms with Crippen molar-refractivity contribution in [1.29, 1.82) is 0 Å². The Bertz CT molecular complexity index is 1210. The van der Waals surface area contributed by atoms with Gasteiger partial charge in [-0.15, -0.1) is 0 Å². The van der Waals surface area contributed by atoms with Crippen molar-refractivity contribution in [1.82, 2.24) is 25.1 Å². The number of aromatic nitrogens is 4. The molecular weight excluding hydrogens is 478 g/mol. The van der Waals surface area contributed by atoms with E-state index in [-0.39, 0.29) is 18.2 Å². The standard InChI is InChI=1S/C25H33N7O3S/c1-5-10-26-22-20-14-28-32(23(20)30-25(29-22)36-16(2)3)12-11-27-24(34)17-13-21(33)31(15-17)18-6-8-19(35-4)9-7-18/h6-9,14,16-17H,5,10-13,15H2,1-4H3,(H,27,34)(H,26,29,30). The highest BCUT2D eigenvalue weighted by Gasteiger charge is 2.35. The molecule has 3 aromatic rings. The molecule has 1 aromatic carbocycles. The zero-order valence-electron chi connectivity index (χ0n) is 21.2. The fourth-order valence-corrected chi connectivity index (χ4v) is 4.77. The molecule has 1 unspecified atom stereocenters. The van der Waals surface area contributed by atoms with Crippen molar-refractivity contribution in [2.24, 2.45) is 5.92 Å². The molecule has 192 valence electrons. The lowest BCUT2D eigenvalue weighted by molar-refractivity contribution is -0.126. The molecule has 2 aromatic heterocycles. The Morgan fingerprint density at radius 1 is 1.22 bits per heavy atom. The highest BCUT2D eigenvalue weighted by molar-refractivity contribution is 7.99. The molecule has 2 N–H and O–H groups in total. The van der Waals surface area contributed by atoms with E-state index in [1.54, 1.807) is 34.7 Å². The first kappa shape index (κ1) is 25.7. The van der Waals surface area contributed by atoms with E-state index in [1.807, 2.05) is 24.3 Å². The molecule has 10 nitrogen and oxygen atoms in total. The molecule has 11 heteroatoms. The predicted molar refractivity (Wildman–Crippen MR) is 142 cm³/mol. The van der Waals surface area contributed by atoms with Crippen molar-refractivity contribution < 1.29 is 14.3 Å². The van der Waals surface area contributed by atoms with E-state index >= 15 is 0 Å². The quantitative estimate of drug-likeness (QED) is 0.298. The molecule has 1 fully saturated rings. The Kier molecular flexibility index (Phi) is 8.29. The summed E-state index contributed by atoms with van der Waals surface area (Å²) in [6.07, 6.45) is 2.94. The van der Waals surface area contributed by atoms with Gasteiger partial charge in [-0.25, -0.2) is 14.6 Å². The molecule has 1 aliphatic rings. The van der Waals surface area contributed by atoms with Crippen molar-refractivity contribution >= 4 is 46.1 Å². The summed E-state index contributed by atoms with van der Waals surface area (Å²) >= 11 is 1.60. The van der Waals surface area contributed by atoms with Crippen LogP contribution in [0.25, 0.3) is 11.0 Å². The summed E-state index contributed by atoms with van der Waals surface area (Å²) in [5.41, 5.74) is 1.50. The number of thioether (sulfide) groups is 1. The van der Waals surface area contributed by atoms with Crippen molar-refractivity contribution in [2.45, 2.75) is 50.6 Å². The summed E-state index contributed by atoms with van der Waals surface area (Å²) in [7, 11) is 1.60. The van der Waals surface area contributed by atoms with E-state index in [0.717, 1.165) is 41.3 Å². The third-order valence-corrected chi connectivity index (χ3v) is 6.73. The molecule has 1 saturated heterocycles. The van der Waals surface area contributed by atoms with Crippen LogP contribution in [0, 0.1) is 5.92 Å². The number of nitrogens with zero attached hydrogens (tertiary/aromatic N) is 5. The van der Waals surface area contributed by atoms with Gasteiger partial charge in [-0.1, -0.05) is 32.5 Å². The summed E-state index contributed by atoms with van der Waals surface area (Å²) in [5.74, 6) is 0.919. The SMILES string of the molecule is CCCNc1nc(SC(C)C)nc2c1cnn2CCNC(=O)C1CC(=O)N(c2ccc(OC)cc2)C1. The third-order valence-electron chi connectivity index (χ3n) is 5.86. The lowest BCUT2D eigenvalue weighted by Crippen LogP contribution is -2.35. The summed E-state index contributed by atoms with van der Waals surface area (Å²) in [5, 5.41) is 12.8. The fourth-order valence-electron chi connectivity index (χ4n) is 4.06. The van der Waals surface area contributed by atoms with Gasteiger partial charge < -0.3 is 20.3 Å². The molecule has 0 radical (unpaired) electrons. The lowest BCUT2D eigenvalue weighted by atomic mass is 10.1. The van der Waals surface area contributed by atoms with E-state index in [0.29, 0.717) is 30.0 Å². The molecule has 0 bridgehead atoms. The van der Waals surface area contributed by atoms with Crippen LogP contribution in [0.5, 0.6) is 5.75 Å². The van der Waals surface area contributed by atoms with Crippen LogP contribution >= 0.6 is 11.8 Å². The Hall–Kier alpha value is -3.34. The van der Waals surface area contributed by atoms with Crippen molar-refractivity contribution in [3.8, 4) is 5.75 Å². The number of anilines is 2. The first-order valence-corrected chi connectivity index (χ1v) is 13.1. The summed E-state index contributed by atoms with van der Waals surface area (Å²) in [4.78, 5) is 36.4. The zero-order chi connectivity index (χ0) is 25.7. The van der Waals surface area contributed by atoms with Gasteiger partial charge in [0.1, 0.15) is 11.6 Å². The highest BCUT2D eigenvalue weighted by atomic mass is 32.2. The number of hydrogen-bond donors (Lipinski definition) is 2. The van der Waals surface area contributed by atoms with Gasteiger partial charge in [0.05, 0.1) is 31.2 Å². The van der Waals surface area contributed by atoms with Gasteiger partial charge in [0.15, 0.2) is 10.8 Å². The van der Waals surface area contributed by atoms with E-state index in [9.17, 15) is 9.59 Å². The molecule has 0 spiro atoms. The molecule has 3 heterocycles. The van der Waals surface area contributed by atoms with Crippen LogP contribution in [0.4, 0.5) is 11.5 Å². The van der Waals surface area contributed by atoms with E-state index in [4.69, 9.17) is 9.72 Å². The van der Waals surface area contributed by atoms with Gasteiger partial charge in [-0.2, -0.15) is 5.10 Å². The predicted octanol–water partition coefficient (Wildman–Crippen LogP) is 3.33. The smallest absolute Gasteiger partial charge is 0.227 e. The van der Waals surface area contributed by atoms with E-state index in [1.165, 1.54) is 0 Å². The van der Waals surface area contributed by atoms with Crippen molar-refractivity contribution in [3.63, 3.8) is 0 Å². The average Bonchev–Trinajstić information content (AvgIpc) is 3.46. The number of ether oxygens (including phenoxy) is 1. The lowest BCUT2D eigenvalue weighted by Gasteiger charge is -2.17. The van der Waals surface area contributed by atoms with Gasteiger partial charge in [0, 0.05) is 37.0 Å². The van der Waals surface area contributed by atoms with Crippen molar-refractivity contribution in [3.05, 3.63) is 30.5 Å². The van der Waals surface area contributed by atoms with Gasteiger partial charge in [0.2, 0.25) is 11.8 Å². The molecule has 0 aliphatic carbocycles. The first-order valence-electron chi connectivity index (χ1n) is 12.3.